The molecule has 1 aromatic heterocycles. The van der Waals surface area contributed by atoms with Crippen molar-refractivity contribution in [1.29, 1.82) is 0 Å². The van der Waals surface area contributed by atoms with Crippen molar-refractivity contribution in [3.63, 3.8) is 0 Å². The molecule has 1 heterocycles. The second kappa shape index (κ2) is 3.11. The first-order valence-electron chi connectivity index (χ1n) is 3.99. The maximum Gasteiger partial charge on any atom is -0.000431 e. The maximum atomic E-state index is 2.20. The molecule has 0 fully saturated rings. The van der Waals surface area contributed by atoms with Gasteiger partial charge in [-0.3, -0.25) is 0 Å². The van der Waals surface area contributed by atoms with Crippen LogP contribution < -0.4 is 0 Å². The van der Waals surface area contributed by atoms with Gasteiger partial charge in [-0.2, -0.15) is 11.3 Å². The molecule has 0 bridgehead atoms. The van der Waals surface area contributed by atoms with Crippen molar-refractivity contribution in [3.05, 3.63) is 40.6 Å². The van der Waals surface area contributed by atoms with Gasteiger partial charge >= 0.3 is 0 Å². The van der Waals surface area contributed by atoms with Gasteiger partial charge in [0.15, 0.2) is 0 Å². The van der Waals surface area contributed by atoms with E-state index in [2.05, 4.69) is 41.1 Å². The Morgan fingerprint density at radius 1 is 1.25 bits per heavy atom. The van der Waals surface area contributed by atoms with Crippen LogP contribution in [0, 0.1) is 0 Å². The Hall–Kier alpha value is -1.08. The molecule has 0 radical (unpaired) electrons. The van der Waals surface area contributed by atoms with E-state index in [1.165, 1.54) is 16.3 Å². The second-order valence-electron chi connectivity index (χ2n) is 2.72. The topological polar surface area (TPSA) is 0 Å². The lowest BCUT2D eigenvalue weighted by atomic mass is 10.1. The first-order valence-corrected chi connectivity index (χ1v) is 4.93. The van der Waals surface area contributed by atoms with Crippen molar-refractivity contribution in [1.82, 2.24) is 0 Å². The molecule has 1 heteroatoms. The van der Waals surface area contributed by atoms with E-state index < -0.39 is 0 Å². The van der Waals surface area contributed by atoms with Crippen molar-refractivity contribution in [2.45, 2.75) is 6.92 Å². The lowest BCUT2D eigenvalue weighted by Crippen LogP contribution is -1.71. The van der Waals surface area contributed by atoms with Crippen molar-refractivity contribution in [2.75, 3.05) is 0 Å². The quantitative estimate of drug-likeness (QED) is 0.614. The predicted molar refractivity (Wildman–Crippen MR) is 56.5 cm³/mol. The highest BCUT2D eigenvalue weighted by atomic mass is 32.1. The Kier molecular flexibility index (Phi) is 1.96. The van der Waals surface area contributed by atoms with E-state index >= 15 is 0 Å². The van der Waals surface area contributed by atoms with Gasteiger partial charge in [0.1, 0.15) is 0 Å². The third kappa shape index (κ3) is 1.16. The summed E-state index contributed by atoms with van der Waals surface area (Å²) >= 11 is 1.76. The summed E-state index contributed by atoms with van der Waals surface area (Å²) in [7, 11) is 0. The second-order valence-corrected chi connectivity index (χ2v) is 3.47. The van der Waals surface area contributed by atoms with E-state index in [1.807, 2.05) is 6.92 Å². The van der Waals surface area contributed by atoms with E-state index in [4.69, 9.17) is 0 Å². The Balaban J connectivity index is 2.73. The van der Waals surface area contributed by atoms with Crippen LogP contribution in [-0.2, 0) is 0 Å². The summed E-state index contributed by atoms with van der Waals surface area (Å²) in [5, 5.41) is 7.09. The lowest BCUT2D eigenvalue weighted by molar-refractivity contribution is 1.73. The lowest BCUT2D eigenvalue weighted by Gasteiger charge is -1.94. The van der Waals surface area contributed by atoms with E-state index in [-0.39, 0.29) is 0 Å². The minimum absolute atomic E-state index is 1.32. The van der Waals surface area contributed by atoms with Crippen molar-refractivity contribution >= 4 is 28.2 Å². The Labute approximate surface area is 76.2 Å². The zero-order valence-corrected chi connectivity index (χ0v) is 7.77. The molecule has 2 aromatic rings. The average Bonchev–Trinajstić information content (AvgIpc) is 2.53. The van der Waals surface area contributed by atoms with Gasteiger partial charge in [0, 0.05) is 0 Å². The van der Waals surface area contributed by atoms with Crippen LogP contribution in [0.5, 0.6) is 0 Å². The summed E-state index contributed by atoms with van der Waals surface area (Å²) < 4.78 is 0. The molecule has 1 aromatic carbocycles. The molecule has 12 heavy (non-hydrogen) atoms. The minimum Gasteiger partial charge on any atom is -0.151 e. The van der Waals surface area contributed by atoms with Gasteiger partial charge in [0.2, 0.25) is 0 Å². The number of hydrogen-bond donors (Lipinski definition) is 0. The van der Waals surface area contributed by atoms with Crippen molar-refractivity contribution in [2.24, 2.45) is 0 Å². The highest BCUT2D eigenvalue weighted by Gasteiger charge is 1.96. The summed E-state index contributed by atoms with van der Waals surface area (Å²) in [6.07, 6.45) is 4.22. The monoisotopic (exact) mass is 174 g/mol. The summed E-state index contributed by atoms with van der Waals surface area (Å²) in [5.41, 5.74) is 1.32. The third-order valence-corrected chi connectivity index (χ3v) is 2.66. The third-order valence-electron chi connectivity index (χ3n) is 1.90. The zero-order chi connectivity index (χ0) is 8.39. The molecule has 0 nitrogen and oxygen atoms in total. The molecule has 60 valence electrons. The summed E-state index contributed by atoms with van der Waals surface area (Å²) in [6, 6.07) is 6.40. The van der Waals surface area contributed by atoms with Crippen molar-refractivity contribution < 1.29 is 0 Å². The maximum absolute atomic E-state index is 2.20. The van der Waals surface area contributed by atoms with E-state index in [1.54, 1.807) is 11.3 Å². The van der Waals surface area contributed by atoms with Crippen LogP contribution in [0.2, 0.25) is 0 Å². The van der Waals surface area contributed by atoms with Gasteiger partial charge < -0.3 is 0 Å². The zero-order valence-electron chi connectivity index (χ0n) is 6.95. The average molecular weight is 174 g/mol. The molecule has 0 saturated carbocycles. The molecule has 2 rings (SSSR count). The van der Waals surface area contributed by atoms with E-state index in [0.29, 0.717) is 0 Å². The minimum atomic E-state index is 1.32. The Morgan fingerprint density at radius 3 is 3.00 bits per heavy atom. The molecule has 0 N–H and O–H groups in total. The van der Waals surface area contributed by atoms with Crippen LogP contribution in [0.15, 0.2) is 35.0 Å². The first kappa shape index (κ1) is 7.56. The summed E-state index contributed by atoms with van der Waals surface area (Å²) in [4.78, 5) is 0. The molecule has 0 atom stereocenters. The molecule has 0 unspecified atom stereocenters. The van der Waals surface area contributed by atoms with Crippen LogP contribution in [0.1, 0.15) is 12.5 Å². The smallest absolute Gasteiger partial charge is 0.000431 e. The number of thiophene rings is 1. The number of fused-ring (bicyclic) bond motifs is 1. The fourth-order valence-corrected chi connectivity index (χ4v) is 2.17. The van der Waals surface area contributed by atoms with Gasteiger partial charge in [-0.15, -0.1) is 0 Å². The van der Waals surface area contributed by atoms with Crippen molar-refractivity contribution in [3.8, 4) is 0 Å². The van der Waals surface area contributed by atoms with Gasteiger partial charge in [-0.25, -0.2) is 0 Å². The Bertz CT molecular complexity index is 410. The Morgan fingerprint density at radius 2 is 2.17 bits per heavy atom. The standard InChI is InChI=1S/C11H10S/c1-2-4-9-5-3-6-10-7-12-8-11(9)10/h2-8H,1H3/b4-2+. The van der Waals surface area contributed by atoms with Gasteiger partial charge in [-0.1, -0.05) is 30.4 Å². The first-order chi connectivity index (χ1) is 5.92. The van der Waals surface area contributed by atoms with Crippen LogP contribution >= 0.6 is 11.3 Å². The van der Waals surface area contributed by atoms with E-state index in [9.17, 15) is 0 Å². The number of rotatable bonds is 1. The van der Waals surface area contributed by atoms with Crippen LogP contribution in [0.4, 0.5) is 0 Å². The highest BCUT2D eigenvalue weighted by molar-refractivity contribution is 7.09. The molecular formula is C11H10S. The molecule has 0 amide bonds. The van der Waals surface area contributed by atoms with Gasteiger partial charge in [0.25, 0.3) is 0 Å². The number of allylic oxidation sites excluding steroid dienone is 1. The molecule has 0 saturated heterocycles. The van der Waals surface area contributed by atoms with Gasteiger partial charge in [0.05, 0.1) is 0 Å². The largest absolute Gasteiger partial charge is 0.151 e. The number of hydrogen-bond acceptors (Lipinski definition) is 1. The molecular weight excluding hydrogens is 164 g/mol. The van der Waals surface area contributed by atoms with E-state index in [0.717, 1.165) is 0 Å². The fourth-order valence-electron chi connectivity index (χ4n) is 1.34. The summed E-state index contributed by atoms with van der Waals surface area (Å²) in [6.45, 7) is 2.05. The normalized spacial score (nSPS) is 11.4. The fraction of sp³-hybridized carbons (Fsp3) is 0.0909. The number of benzene rings is 1. The molecule has 0 aliphatic carbocycles. The summed E-state index contributed by atoms with van der Waals surface area (Å²) in [5.74, 6) is 0. The molecule has 0 spiro atoms. The van der Waals surface area contributed by atoms with Crippen LogP contribution in [-0.4, -0.2) is 0 Å². The molecule has 0 aliphatic rings. The SMILES string of the molecule is C/C=C/c1cccc2cscc12. The highest BCUT2D eigenvalue weighted by Crippen LogP contribution is 2.23. The molecule has 0 aliphatic heterocycles. The van der Waals surface area contributed by atoms with Crippen LogP contribution in [0.25, 0.3) is 16.8 Å². The van der Waals surface area contributed by atoms with Crippen LogP contribution in [0.3, 0.4) is 0 Å². The predicted octanol–water partition coefficient (Wildman–Crippen LogP) is 3.93. The van der Waals surface area contributed by atoms with Gasteiger partial charge in [-0.05, 0) is 34.0 Å².